The predicted molar refractivity (Wildman–Crippen MR) is 121 cm³/mol. The van der Waals surface area contributed by atoms with E-state index in [0.717, 1.165) is 4.88 Å². The molecular formula is C21H27N3O6S2. The van der Waals surface area contributed by atoms with E-state index in [9.17, 15) is 22.8 Å². The van der Waals surface area contributed by atoms with Crippen LogP contribution in [-0.4, -0.2) is 56.9 Å². The van der Waals surface area contributed by atoms with E-state index >= 15 is 0 Å². The summed E-state index contributed by atoms with van der Waals surface area (Å²) in [6.07, 6.45) is 0.639. The minimum atomic E-state index is -3.75. The number of hydrogen-bond donors (Lipinski definition) is 2. The van der Waals surface area contributed by atoms with Gasteiger partial charge in [0.2, 0.25) is 10.0 Å². The Labute approximate surface area is 191 Å². The monoisotopic (exact) mass is 481 g/mol. The number of carbonyl (C=O) groups is 3. The second-order valence-corrected chi connectivity index (χ2v) is 9.75. The lowest BCUT2D eigenvalue weighted by Crippen LogP contribution is -2.42. The van der Waals surface area contributed by atoms with E-state index in [-0.39, 0.29) is 10.5 Å². The molecule has 1 heterocycles. The molecule has 2 N–H and O–H groups in total. The summed E-state index contributed by atoms with van der Waals surface area (Å²) in [4.78, 5) is 37.2. The number of thiophene rings is 1. The molecule has 1 aromatic heterocycles. The maximum absolute atomic E-state index is 12.7. The molecule has 0 bridgehead atoms. The molecule has 2 aromatic rings. The van der Waals surface area contributed by atoms with E-state index in [2.05, 4.69) is 10.6 Å². The van der Waals surface area contributed by atoms with E-state index < -0.39 is 34.5 Å². The highest BCUT2D eigenvalue weighted by Gasteiger charge is 2.24. The molecule has 1 aromatic carbocycles. The lowest BCUT2D eigenvalue weighted by atomic mass is 10.1. The zero-order valence-corrected chi connectivity index (χ0v) is 19.8. The zero-order valence-electron chi connectivity index (χ0n) is 18.2. The van der Waals surface area contributed by atoms with Crippen molar-refractivity contribution < 1.29 is 27.5 Å². The van der Waals surface area contributed by atoms with Crippen molar-refractivity contribution in [3.8, 4) is 0 Å². The molecule has 0 fully saturated rings. The van der Waals surface area contributed by atoms with E-state index in [0.29, 0.717) is 31.6 Å². The number of amides is 3. The minimum Gasteiger partial charge on any atom is -0.452 e. The molecule has 0 saturated heterocycles. The normalized spacial score (nSPS) is 11.2. The number of imide groups is 1. The van der Waals surface area contributed by atoms with Gasteiger partial charge >= 0.3 is 12.0 Å². The fourth-order valence-electron chi connectivity index (χ4n) is 2.86. The topological polar surface area (TPSA) is 122 Å². The number of sulfonamides is 1. The molecule has 11 heteroatoms. The van der Waals surface area contributed by atoms with Crippen molar-refractivity contribution in [3.63, 3.8) is 0 Å². The largest absolute Gasteiger partial charge is 0.452 e. The molecule has 0 saturated carbocycles. The summed E-state index contributed by atoms with van der Waals surface area (Å²) in [6, 6.07) is 7.33. The van der Waals surface area contributed by atoms with Crippen LogP contribution in [0, 0.1) is 6.92 Å². The van der Waals surface area contributed by atoms with E-state index in [4.69, 9.17) is 4.74 Å². The SMILES string of the molecule is CCN(CC)S(=O)(=O)c1ccc(C)c(C(=O)OCC(=O)NC(=O)NCCc2cccs2)c1. The number of nitrogens with zero attached hydrogens (tertiary/aromatic N) is 1. The molecule has 174 valence electrons. The van der Waals surface area contributed by atoms with Gasteiger partial charge in [-0.15, -0.1) is 11.3 Å². The molecule has 0 spiro atoms. The number of nitrogens with one attached hydrogen (secondary N) is 2. The van der Waals surface area contributed by atoms with Crippen LogP contribution < -0.4 is 10.6 Å². The molecule has 0 aliphatic carbocycles. The van der Waals surface area contributed by atoms with Crippen LogP contribution >= 0.6 is 11.3 Å². The summed E-state index contributed by atoms with van der Waals surface area (Å²) in [6.45, 7) is 5.34. The molecule has 0 unspecified atom stereocenters. The van der Waals surface area contributed by atoms with Crippen molar-refractivity contribution in [2.45, 2.75) is 32.1 Å². The van der Waals surface area contributed by atoms with Gasteiger partial charge < -0.3 is 10.1 Å². The summed E-state index contributed by atoms with van der Waals surface area (Å²) in [5.74, 6) is -1.65. The van der Waals surface area contributed by atoms with E-state index in [1.807, 2.05) is 17.5 Å². The van der Waals surface area contributed by atoms with Crippen LogP contribution in [0.15, 0.2) is 40.6 Å². The summed E-state index contributed by atoms with van der Waals surface area (Å²) < 4.78 is 31.6. The number of benzene rings is 1. The Morgan fingerprint density at radius 2 is 1.84 bits per heavy atom. The van der Waals surface area contributed by atoms with Gasteiger partial charge in [0, 0.05) is 24.5 Å². The Hall–Kier alpha value is -2.76. The van der Waals surface area contributed by atoms with Gasteiger partial charge in [-0.3, -0.25) is 10.1 Å². The third kappa shape index (κ3) is 6.87. The average molecular weight is 482 g/mol. The summed E-state index contributed by atoms with van der Waals surface area (Å²) in [7, 11) is -3.75. The van der Waals surface area contributed by atoms with Crippen LogP contribution in [0.5, 0.6) is 0 Å². The van der Waals surface area contributed by atoms with Gasteiger partial charge in [0.25, 0.3) is 5.91 Å². The Balaban J connectivity index is 1.91. The van der Waals surface area contributed by atoms with Crippen LogP contribution in [0.1, 0.15) is 34.6 Å². The number of aryl methyl sites for hydroxylation is 1. The van der Waals surface area contributed by atoms with Crippen molar-refractivity contribution in [2.24, 2.45) is 0 Å². The Kier molecular flexibility index (Phi) is 9.36. The second kappa shape index (κ2) is 11.7. The summed E-state index contributed by atoms with van der Waals surface area (Å²) in [5, 5.41) is 6.57. The smallest absolute Gasteiger partial charge is 0.338 e. The van der Waals surface area contributed by atoms with Gasteiger partial charge in [-0.25, -0.2) is 18.0 Å². The number of carbonyl (C=O) groups excluding carboxylic acids is 3. The molecule has 0 aliphatic rings. The van der Waals surface area contributed by atoms with Crippen LogP contribution in [0.25, 0.3) is 0 Å². The molecule has 2 rings (SSSR count). The average Bonchev–Trinajstić information content (AvgIpc) is 3.26. The van der Waals surface area contributed by atoms with Gasteiger partial charge in [-0.1, -0.05) is 26.0 Å². The first-order chi connectivity index (χ1) is 15.2. The highest BCUT2D eigenvalue weighted by molar-refractivity contribution is 7.89. The molecule has 0 radical (unpaired) electrons. The van der Waals surface area contributed by atoms with Crippen LogP contribution in [0.4, 0.5) is 4.79 Å². The third-order valence-electron chi connectivity index (χ3n) is 4.60. The molecule has 3 amide bonds. The highest BCUT2D eigenvalue weighted by Crippen LogP contribution is 2.20. The predicted octanol–water partition coefficient (Wildman–Crippen LogP) is 2.31. The maximum Gasteiger partial charge on any atom is 0.338 e. The van der Waals surface area contributed by atoms with Gasteiger partial charge in [-0.2, -0.15) is 4.31 Å². The van der Waals surface area contributed by atoms with Crippen LogP contribution in [0.2, 0.25) is 0 Å². The second-order valence-electron chi connectivity index (χ2n) is 6.78. The van der Waals surface area contributed by atoms with Crippen molar-refractivity contribution in [2.75, 3.05) is 26.2 Å². The maximum atomic E-state index is 12.7. The molecular weight excluding hydrogens is 454 g/mol. The number of esters is 1. The fourth-order valence-corrected chi connectivity index (χ4v) is 5.06. The van der Waals surface area contributed by atoms with Crippen molar-refractivity contribution >= 4 is 39.3 Å². The van der Waals surface area contributed by atoms with E-state index in [1.165, 1.54) is 22.5 Å². The first-order valence-electron chi connectivity index (χ1n) is 10.1. The third-order valence-corrected chi connectivity index (χ3v) is 7.58. The fraction of sp³-hybridized carbons (Fsp3) is 0.381. The lowest BCUT2D eigenvalue weighted by Gasteiger charge is -2.19. The lowest BCUT2D eigenvalue weighted by molar-refractivity contribution is -0.123. The Morgan fingerprint density at radius 3 is 2.47 bits per heavy atom. The number of ether oxygens (including phenoxy) is 1. The van der Waals surface area contributed by atoms with Gasteiger partial charge in [0.1, 0.15) is 0 Å². The summed E-state index contributed by atoms with van der Waals surface area (Å²) in [5.41, 5.74) is 0.534. The van der Waals surface area contributed by atoms with Gasteiger partial charge in [0.05, 0.1) is 10.5 Å². The zero-order chi connectivity index (χ0) is 23.7. The first kappa shape index (κ1) is 25.5. The number of rotatable bonds is 10. The Morgan fingerprint density at radius 1 is 1.12 bits per heavy atom. The van der Waals surface area contributed by atoms with Gasteiger partial charge in [-0.05, 0) is 42.5 Å². The first-order valence-corrected chi connectivity index (χ1v) is 12.4. The molecule has 0 aliphatic heterocycles. The molecule has 32 heavy (non-hydrogen) atoms. The molecule has 9 nitrogen and oxygen atoms in total. The molecule has 0 atom stereocenters. The van der Waals surface area contributed by atoms with Crippen LogP contribution in [0.3, 0.4) is 0 Å². The Bertz CT molecular complexity index is 1050. The number of urea groups is 1. The minimum absolute atomic E-state index is 0.0337. The van der Waals surface area contributed by atoms with Gasteiger partial charge in [0.15, 0.2) is 6.61 Å². The van der Waals surface area contributed by atoms with E-state index in [1.54, 1.807) is 32.1 Å². The number of hydrogen-bond acceptors (Lipinski definition) is 7. The van der Waals surface area contributed by atoms with Crippen molar-refractivity contribution in [1.82, 2.24) is 14.9 Å². The summed E-state index contributed by atoms with van der Waals surface area (Å²) >= 11 is 1.57. The van der Waals surface area contributed by atoms with Crippen LogP contribution in [-0.2, 0) is 26.0 Å². The van der Waals surface area contributed by atoms with Crippen molar-refractivity contribution in [3.05, 3.63) is 51.7 Å². The van der Waals surface area contributed by atoms with Crippen molar-refractivity contribution in [1.29, 1.82) is 0 Å². The standard InChI is InChI=1S/C21H27N3O6S2/c1-4-24(5-2)32(28,29)17-9-8-15(3)18(13-17)20(26)30-14-19(25)23-21(27)22-11-10-16-7-6-12-31-16/h6-9,12-13H,4-5,10-11,14H2,1-3H3,(H2,22,23,25,27). The highest BCUT2D eigenvalue weighted by atomic mass is 32.2. The quantitative estimate of drug-likeness (QED) is 0.502.